The molecule has 1 spiro atoms. The van der Waals surface area contributed by atoms with Gasteiger partial charge in [-0.3, -0.25) is 4.79 Å². The van der Waals surface area contributed by atoms with E-state index in [1.54, 1.807) is 31.2 Å². The van der Waals surface area contributed by atoms with Gasteiger partial charge in [0.25, 0.3) is 0 Å². The Labute approximate surface area is 333 Å². The second-order valence-electron chi connectivity index (χ2n) is 19.3. The maximum atomic E-state index is 13.7. The number of ether oxygens (including phenoxy) is 6. The molecule has 4 saturated heterocycles. The number of benzene rings is 1. The molecule has 10 rings (SSSR count). The van der Waals surface area contributed by atoms with E-state index < -0.39 is 107 Å². The molecule has 0 aromatic heterocycles. The van der Waals surface area contributed by atoms with Gasteiger partial charge in [0.05, 0.1) is 17.8 Å². The van der Waals surface area contributed by atoms with Crippen molar-refractivity contribution >= 4 is 11.9 Å². The molecule has 13 nitrogen and oxygen atoms in total. The number of esters is 2. The van der Waals surface area contributed by atoms with Gasteiger partial charge in [0.1, 0.15) is 53.4 Å². The molecule has 8 fully saturated rings. The summed E-state index contributed by atoms with van der Waals surface area (Å²) < 4.78 is 39.5. The standard InChI is InChI=1S/C44H58O13/c1-22(2)18-32(47)52-29-14-10-11-15-31(46)53-34-23(3)19-30-41(34,50)38(48)40(21-45)36(54-40)33-37-43(51,39(6,49)20-26-16-17-28(29)24(26)4)35-25(5)42(30,33)57-44(55-35,56-37)27-12-8-7-9-13-27/h7-15,22-26,28-30,33-38,45,48-51H,16-21H2,1-6H3/b14-10-,15-11+/t23-,24-,25?,26+,28-,29+,30+,33-,34-,35-,36-,37+,38+,39+,40-,41+,42-,43-,44-/m0/s1. The van der Waals surface area contributed by atoms with Gasteiger partial charge in [-0.05, 0) is 62.4 Å². The molecule has 5 aliphatic heterocycles. The molecule has 5 N–H and O–H groups in total. The molecule has 4 aliphatic carbocycles. The van der Waals surface area contributed by atoms with Crippen molar-refractivity contribution in [2.75, 3.05) is 6.61 Å². The lowest BCUT2D eigenvalue weighted by Crippen LogP contribution is -2.89. The molecule has 19 atom stereocenters. The quantitative estimate of drug-likeness (QED) is 0.216. The van der Waals surface area contributed by atoms with E-state index in [-0.39, 0.29) is 48.9 Å². The first-order chi connectivity index (χ1) is 26.9. The molecule has 0 radical (unpaired) electrons. The first-order valence-corrected chi connectivity index (χ1v) is 20.9. The average Bonchev–Trinajstić information content (AvgIpc) is 3.72. The van der Waals surface area contributed by atoms with E-state index >= 15 is 0 Å². The minimum atomic E-state index is -2.21. The zero-order chi connectivity index (χ0) is 40.7. The van der Waals surface area contributed by atoms with Crippen LogP contribution in [-0.2, 0) is 44.0 Å². The molecule has 13 heteroatoms. The Hall–Kier alpha value is -2.72. The summed E-state index contributed by atoms with van der Waals surface area (Å²) in [5, 5.41) is 63.3. The van der Waals surface area contributed by atoms with Crippen LogP contribution in [0.2, 0.25) is 0 Å². The summed E-state index contributed by atoms with van der Waals surface area (Å²) in [6.07, 6.45) is 1.15. The number of carbonyl (C=O) groups excluding carboxylic acids is 2. The molecule has 4 saturated carbocycles. The van der Waals surface area contributed by atoms with Gasteiger partial charge in [0.2, 0.25) is 0 Å². The van der Waals surface area contributed by atoms with Gasteiger partial charge >= 0.3 is 17.9 Å². The number of aliphatic hydroxyl groups is 5. The summed E-state index contributed by atoms with van der Waals surface area (Å²) in [5.74, 6) is -6.33. The number of hydrogen-bond acceptors (Lipinski definition) is 13. The van der Waals surface area contributed by atoms with Crippen LogP contribution in [0.15, 0.2) is 54.6 Å². The van der Waals surface area contributed by atoms with Gasteiger partial charge in [-0.15, -0.1) is 0 Å². The molecule has 1 aromatic carbocycles. The van der Waals surface area contributed by atoms with Crippen LogP contribution in [0.1, 0.15) is 79.2 Å². The SMILES string of the molecule is CC(C)CC(=O)O[C@@H]1/C=C\C=C\C(=O)O[C@H]2[C@@H](C)C[C@H]3[C@]45O[C@]6(c7ccccc7)O[C@H]([C@@H]4[C@@H]4O[C@]4(CO)[C@@H](O)[C@]23O)[C@@](O)([C@@H](O6)C5C)[C@](C)(O)C[C@H]2CC[C@H]1[C@H]2C. The fraction of sp³-hybridized carbons (Fsp3) is 0.727. The van der Waals surface area contributed by atoms with Crippen molar-refractivity contribution in [3.05, 3.63) is 60.2 Å². The van der Waals surface area contributed by atoms with Crippen LogP contribution >= 0.6 is 0 Å². The summed E-state index contributed by atoms with van der Waals surface area (Å²) in [7, 11) is 0. The molecule has 312 valence electrons. The summed E-state index contributed by atoms with van der Waals surface area (Å²) in [4.78, 5) is 26.7. The van der Waals surface area contributed by atoms with Crippen molar-refractivity contribution in [2.45, 2.75) is 144 Å². The number of fused-ring (bicyclic) bond motifs is 3. The monoisotopic (exact) mass is 794 g/mol. The highest BCUT2D eigenvalue weighted by Gasteiger charge is 2.91. The highest BCUT2D eigenvalue weighted by atomic mass is 16.9. The number of aliphatic hydroxyl groups excluding tert-OH is 2. The van der Waals surface area contributed by atoms with Gasteiger partial charge < -0.3 is 54.0 Å². The fourth-order valence-corrected chi connectivity index (χ4v) is 13.0. The zero-order valence-corrected chi connectivity index (χ0v) is 33.5. The largest absolute Gasteiger partial charge is 0.458 e. The molecular formula is C44H58O13. The topological polar surface area (TPSA) is 194 Å². The highest BCUT2D eigenvalue weighted by molar-refractivity contribution is 5.82. The van der Waals surface area contributed by atoms with Crippen molar-refractivity contribution in [3.63, 3.8) is 0 Å². The Bertz CT molecular complexity index is 1830. The number of allylic oxidation sites excluding steroid dienone is 2. The predicted octanol–water partition coefficient (Wildman–Crippen LogP) is 3.04. The van der Waals surface area contributed by atoms with E-state index in [4.69, 9.17) is 28.4 Å². The number of rotatable bonds is 5. The second-order valence-corrected chi connectivity index (χ2v) is 19.3. The summed E-state index contributed by atoms with van der Waals surface area (Å²) in [6.45, 7) is 10.6. The van der Waals surface area contributed by atoms with Crippen molar-refractivity contribution < 1.29 is 63.5 Å². The number of epoxide rings is 1. The Balaban J connectivity index is 1.22. The first-order valence-electron chi connectivity index (χ1n) is 20.9. The molecule has 1 aromatic rings. The van der Waals surface area contributed by atoms with Crippen molar-refractivity contribution in [1.29, 1.82) is 0 Å². The van der Waals surface area contributed by atoms with Crippen LogP contribution < -0.4 is 0 Å². The third kappa shape index (κ3) is 5.26. The van der Waals surface area contributed by atoms with Gasteiger partial charge in [-0.2, -0.15) is 0 Å². The van der Waals surface area contributed by atoms with Crippen LogP contribution in [0, 0.1) is 47.3 Å². The first kappa shape index (κ1) is 39.7. The summed E-state index contributed by atoms with van der Waals surface area (Å²) in [5.41, 5.74) is -8.82. The van der Waals surface area contributed by atoms with Gasteiger partial charge in [-0.1, -0.05) is 77.1 Å². The van der Waals surface area contributed by atoms with E-state index in [0.29, 0.717) is 18.4 Å². The normalized spacial score (nSPS) is 54.4. The predicted molar refractivity (Wildman–Crippen MR) is 200 cm³/mol. The van der Waals surface area contributed by atoms with Crippen molar-refractivity contribution in [1.82, 2.24) is 0 Å². The Kier molecular flexibility index (Phi) is 9.16. The van der Waals surface area contributed by atoms with E-state index in [2.05, 4.69) is 6.92 Å². The smallest absolute Gasteiger partial charge is 0.331 e. The van der Waals surface area contributed by atoms with Crippen LogP contribution in [0.3, 0.4) is 0 Å². The average molecular weight is 795 g/mol. The van der Waals surface area contributed by atoms with Crippen LogP contribution in [0.4, 0.5) is 0 Å². The molecular weight excluding hydrogens is 736 g/mol. The molecule has 5 heterocycles. The number of carbonyl (C=O) groups is 2. The highest BCUT2D eigenvalue weighted by Crippen LogP contribution is 2.75. The fourth-order valence-electron chi connectivity index (χ4n) is 13.0. The van der Waals surface area contributed by atoms with Gasteiger partial charge in [-0.25, -0.2) is 4.79 Å². The van der Waals surface area contributed by atoms with Gasteiger partial charge in [0, 0.05) is 41.7 Å². The minimum Gasteiger partial charge on any atom is -0.458 e. The van der Waals surface area contributed by atoms with Crippen molar-refractivity contribution in [2.24, 2.45) is 47.3 Å². The maximum Gasteiger partial charge on any atom is 0.331 e. The lowest BCUT2D eigenvalue weighted by Gasteiger charge is -2.74. The molecule has 0 amide bonds. The third-order valence-corrected chi connectivity index (χ3v) is 15.8. The summed E-state index contributed by atoms with van der Waals surface area (Å²) >= 11 is 0. The van der Waals surface area contributed by atoms with E-state index in [1.165, 1.54) is 12.2 Å². The van der Waals surface area contributed by atoms with E-state index in [0.717, 1.165) is 0 Å². The molecule has 9 aliphatic rings. The van der Waals surface area contributed by atoms with Crippen LogP contribution in [0.25, 0.3) is 0 Å². The van der Waals surface area contributed by atoms with E-state index in [9.17, 15) is 35.1 Å². The lowest BCUT2D eigenvalue weighted by molar-refractivity contribution is -0.595. The molecule has 57 heavy (non-hydrogen) atoms. The number of hydrogen-bond donors (Lipinski definition) is 5. The minimum absolute atomic E-state index is 0.0620. The molecule has 11 bridgehead atoms. The second kappa shape index (κ2) is 13.1. The maximum absolute atomic E-state index is 13.7. The lowest BCUT2D eigenvalue weighted by atomic mass is 9.49. The third-order valence-electron chi connectivity index (χ3n) is 15.8. The zero-order valence-electron chi connectivity index (χ0n) is 33.5. The van der Waals surface area contributed by atoms with Gasteiger partial charge in [0.15, 0.2) is 0 Å². The Morgan fingerprint density at radius 2 is 1.68 bits per heavy atom. The van der Waals surface area contributed by atoms with Crippen LogP contribution in [0.5, 0.6) is 0 Å². The molecule has 1 unspecified atom stereocenters. The van der Waals surface area contributed by atoms with E-state index in [1.807, 2.05) is 45.9 Å². The Morgan fingerprint density at radius 3 is 2.39 bits per heavy atom. The van der Waals surface area contributed by atoms with Crippen molar-refractivity contribution in [3.8, 4) is 0 Å². The summed E-state index contributed by atoms with van der Waals surface area (Å²) in [6, 6.07) is 9.04. The van der Waals surface area contributed by atoms with Crippen LogP contribution in [-0.4, -0.2) is 109 Å². The Morgan fingerprint density at radius 1 is 0.965 bits per heavy atom.